The average Bonchev–Trinajstić information content (AvgIpc) is 3.05. The molecule has 0 bridgehead atoms. The predicted octanol–water partition coefficient (Wildman–Crippen LogP) is 5.92. The van der Waals surface area contributed by atoms with Crippen molar-refractivity contribution in [2.75, 3.05) is 0 Å². The van der Waals surface area contributed by atoms with E-state index in [0.29, 0.717) is 21.9 Å². The molecule has 6 aromatic rings. The third kappa shape index (κ3) is 8.28. The number of carbonyl (C=O) groups excluding carboxylic acids is 2. The maximum absolute atomic E-state index is 12.1. The minimum absolute atomic E-state index is 0. The van der Waals surface area contributed by atoms with Crippen LogP contribution in [-0.4, -0.2) is 37.9 Å². The molecule has 6 aromatic carbocycles. The van der Waals surface area contributed by atoms with E-state index >= 15 is 0 Å². The first-order valence-corrected chi connectivity index (χ1v) is 16.2. The normalized spacial score (nSPS) is 11.1. The first-order chi connectivity index (χ1) is 21.9. The second-order valence-corrected chi connectivity index (χ2v) is 12.3. The van der Waals surface area contributed by atoms with Crippen molar-refractivity contribution in [3.8, 4) is 11.5 Å². The van der Waals surface area contributed by atoms with Crippen LogP contribution in [0.4, 0.5) is 0 Å². The van der Waals surface area contributed by atoms with E-state index in [1.54, 1.807) is 97.1 Å². The monoisotopic (exact) mass is 712 g/mol. The molecule has 240 valence electrons. The van der Waals surface area contributed by atoms with Crippen molar-refractivity contribution in [2.45, 2.75) is 9.79 Å². The SMILES string of the molecule is O=C(Oc1ccc(S(=O)(=O)[O-])c2ccccc12)c1ccccc1.O=C(Oc1ccc(S(=O)(=O)[O-])c2ccccc12)c1ccccc1.[Ni+2]. The van der Waals surface area contributed by atoms with E-state index in [0.717, 1.165) is 12.1 Å². The molecule has 0 saturated heterocycles. The molecule has 0 aliphatic carbocycles. The van der Waals surface area contributed by atoms with Gasteiger partial charge in [-0.25, -0.2) is 26.4 Å². The fourth-order valence-corrected chi connectivity index (χ4v) is 5.93. The summed E-state index contributed by atoms with van der Waals surface area (Å²) in [6, 6.07) is 34.5. The first-order valence-electron chi connectivity index (χ1n) is 13.4. The number of hydrogen-bond donors (Lipinski definition) is 0. The first kappa shape index (κ1) is 35.0. The van der Waals surface area contributed by atoms with Gasteiger partial charge in [-0.3, -0.25) is 0 Å². The van der Waals surface area contributed by atoms with Crippen LogP contribution in [0.2, 0.25) is 0 Å². The summed E-state index contributed by atoms with van der Waals surface area (Å²) in [5, 5.41) is 1.21. The molecular weight excluding hydrogens is 691 g/mol. The van der Waals surface area contributed by atoms with Crippen molar-refractivity contribution in [1.29, 1.82) is 0 Å². The van der Waals surface area contributed by atoms with Gasteiger partial charge in [-0.2, -0.15) is 0 Å². The molecule has 0 N–H and O–H groups in total. The van der Waals surface area contributed by atoms with Gasteiger partial charge in [0.05, 0.1) is 20.9 Å². The molecule has 10 nitrogen and oxygen atoms in total. The van der Waals surface area contributed by atoms with Crippen LogP contribution in [0.25, 0.3) is 21.5 Å². The van der Waals surface area contributed by atoms with E-state index in [1.165, 1.54) is 24.3 Å². The van der Waals surface area contributed by atoms with Crippen LogP contribution in [0.1, 0.15) is 20.7 Å². The number of ether oxygens (including phenoxy) is 2. The van der Waals surface area contributed by atoms with Gasteiger partial charge in [0, 0.05) is 21.5 Å². The van der Waals surface area contributed by atoms with Crippen LogP contribution in [0, 0.1) is 0 Å². The van der Waals surface area contributed by atoms with Crippen molar-refractivity contribution in [2.24, 2.45) is 0 Å². The van der Waals surface area contributed by atoms with Crippen LogP contribution in [0.15, 0.2) is 143 Å². The van der Waals surface area contributed by atoms with Gasteiger partial charge < -0.3 is 18.6 Å². The average molecular weight is 713 g/mol. The Balaban J connectivity index is 0.000000208. The van der Waals surface area contributed by atoms with Crippen LogP contribution >= 0.6 is 0 Å². The van der Waals surface area contributed by atoms with Gasteiger partial charge in [0.1, 0.15) is 31.7 Å². The maximum Gasteiger partial charge on any atom is 2.00 e. The van der Waals surface area contributed by atoms with E-state index in [4.69, 9.17) is 9.47 Å². The minimum Gasteiger partial charge on any atom is -0.744 e. The topological polar surface area (TPSA) is 167 Å². The maximum atomic E-state index is 12.1. The van der Waals surface area contributed by atoms with Crippen molar-refractivity contribution < 1.29 is 61.5 Å². The molecule has 0 fully saturated rings. The largest absolute Gasteiger partial charge is 2.00 e. The van der Waals surface area contributed by atoms with Gasteiger partial charge >= 0.3 is 28.4 Å². The van der Waals surface area contributed by atoms with Crippen LogP contribution in [0.3, 0.4) is 0 Å². The molecule has 0 unspecified atom stereocenters. The number of carbonyl (C=O) groups is 2. The molecule has 0 heterocycles. The van der Waals surface area contributed by atoms with E-state index in [2.05, 4.69) is 0 Å². The Kier molecular flexibility index (Phi) is 10.9. The number of fused-ring (bicyclic) bond motifs is 2. The number of hydrogen-bond acceptors (Lipinski definition) is 10. The zero-order valence-corrected chi connectivity index (χ0v) is 26.5. The molecule has 0 saturated carbocycles. The molecule has 13 heteroatoms. The fraction of sp³-hybridized carbons (Fsp3) is 0. The Labute approximate surface area is 280 Å². The van der Waals surface area contributed by atoms with Gasteiger partial charge in [0.2, 0.25) is 0 Å². The molecule has 0 aromatic heterocycles. The Bertz CT molecular complexity index is 2130. The van der Waals surface area contributed by atoms with Gasteiger partial charge in [-0.15, -0.1) is 0 Å². The fourth-order valence-electron chi connectivity index (χ4n) is 4.57. The molecule has 0 aliphatic rings. The van der Waals surface area contributed by atoms with Crippen LogP contribution in [-0.2, 0) is 36.7 Å². The molecule has 0 spiro atoms. The third-order valence-electron chi connectivity index (χ3n) is 6.65. The van der Waals surface area contributed by atoms with Crippen molar-refractivity contribution in [3.05, 3.63) is 145 Å². The number of esters is 2. The van der Waals surface area contributed by atoms with E-state index in [-0.39, 0.29) is 48.6 Å². The Morgan fingerprint density at radius 3 is 1.04 bits per heavy atom. The third-order valence-corrected chi connectivity index (χ3v) is 8.44. The van der Waals surface area contributed by atoms with E-state index < -0.39 is 32.2 Å². The zero-order valence-electron chi connectivity index (χ0n) is 23.9. The second-order valence-electron chi connectivity index (χ2n) is 9.63. The Hall–Kier alpha value is -4.91. The molecule has 0 atom stereocenters. The molecule has 6 rings (SSSR count). The molecule has 0 radical (unpaired) electrons. The molecular formula is C34H22NiO10S2. The predicted molar refractivity (Wildman–Crippen MR) is 167 cm³/mol. The Morgan fingerprint density at radius 2 is 0.723 bits per heavy atom. The standard InChI is InChI=1S/2C17H12O5S.Ni/c2*18-17(12-6-2-1-3-7-12)22-15-10-11-16(23(19,20)21)14-9-5-4-8-13(14)15;/h2*1-11H,(H,19,20,21);/q;;+2/p-2. The summed E-state index contributed by atoms with van der Waals surface area (Å²) in [4.78, 5) is 23.6. The van der Waals surface area contributed by atoms with E-state index in [1.807, 2.05) is 0 Å². The van der Waals surface area contributed by atoms with Crippen LogP contribution in [0.5, 0.6) is 11.5 Å². The van der Waals surface area contributed by atoms with Crippen molar-refractivity contribution >= 4 is 53.7 Å². The number of rotatable bonds is 6. The minimum atomic E-state index is -4.62. The van der Waals surface area contributed by atoms with Gasteiger partial charge in [-0.05, 0) is 48.5 Å². The van der Waals surface area contributed by atoms with Gasteiger partial charge in [0.25, 0.3) is 0 Å². The molecule has 47 heavy (non-hydrogen) atoms. The summed E-state index contributed by atoms with van der Waals surface area (Å²) < 4.78 is 78.7. The summed E-state index contributed by atoms with van der Waals surface area (Å²) >= 11 is 0. The molecule has 0 aliphatic heterocycles. The Morgan fingerprint density at radius 1 is 0.426 bits per heavy atom. The summed E-state index contributed by atoms with van der Waals surface area (Å²) in [5.41, 5.74) is 0.745. The van der Waals surface area contributed by atoms with Gasteiger partial charge in [0.15, 0.2) is 0 Å². The second kappa shape index (κ2) is 14.7. The zero-order chi connectivity index (χ0) is 32.9. The summed E-state index contributed by atoms with van der Waals surface area (Å²) in [6.07, 6.45) is 0. The van der Waals surface area contributed by atoms with Crippen molar-refractivity contribution in [1.82, 2.24) is 0 Å². The summed E-state index contributed by atoms with van der Waals surface area (Å²) in [6.45, 7) is 0. The van der Waals surface area contributed by atoms with Crippen molar-refractivity contribution in [3.63, 3.8) is 0 Å². The van der Waals surface area contributed by atoms with E-state index in [9.17, 15) is 35.5 Å². The van der Waals surface area contributed by atoms with Crippen LogP contribution < -0.4 is 9.47 Å². The summed E-state index contributed by atoms with van der Waals surface area (Å²) in [5.74, 6) is -0.731. The summed E-state index contributed by atoms with van der Waals surface area (Å²) in [7, 11) is -9.23. The van der Waals surface area contributed by atoms with Gasteiger partial charge in [-0.1, -0.05) is 84.9 Å². The quantitative estimate of drug-likeness (QED) is 0.0875. The molecule has 0 amide bonds. The number of benzene rings is 6. The smallest absolute Gasteiger partial charge is 0.744 e.